The van der Waals surface area contributed by atoms with Gasteiger partial charge in [-0.25, -0.2) is 0 Å². The van der Waals surface area contributed by atoms with Gasteiger partial charge in [0.15, 0.2) is 0 Å². The molecule has 1 atom stereocenters. The molecule has 1 rings (SSSR count). The van der Waals surface area contributed by atoms with E-state index in [1.807, 2.05) is 18.2 Å². The second-order valence-electron chi connectivity index (χ2n) is 4.06. The Hall–Kier alpha value is -0.940. The fourth-order valence-electron chi connectivity index (χ4n) is 2.14. The summed E-state index contributed by atoms with van der Waals surface area (Å²) in [6, 6.07) is 10.1. The third kappa shape index (κ3) is 3.53. The van der Waals surface area contributed by atoms with Gasteiger partial charge in [0.1, 0.15) is 0 Å². The van der Waals surface area contributed by atoms with Gasteiger partial charge in [-0.2, -0.15) is 0 Å². The Morgan fingerprint density at radius 3 is 1.94 bits per heavy atom. The largest absolute Gasteiger partial charge is 0.384 e. The highest BCUT2D eigenvalue weighted by Gasteiger charge is 2.40. The zero-order valence-corrected chi connectivity index (χ0v) is 11.5. The standard InChI is InChI=1S/C14H22O4/c1-15-11-13(14(16-2,17-3)18-4)10-12-8-6-5-7-9-12/h5-9,13H,10-11H2,1-4H3. The highest BCUT2D eigenvalue weighted by Crippen LogP contribution is 2.27. The average molecular weight is 254 g/mol. The average Bonchev–Trinajstić information content (AvgIpc) is 2.43. The van der Waals surface area contributed by atoms with E-state index < -0.39 is 5.97 Å². The highest BCUT2D eigenvalue weighted by atomic mass is 16.9. The first-order chi connectivity index (χ1) is 8.72. The number of ether oxygens (including phenoxy) is 4. The Morgan fingerprint density at radius 1 is 0.944 bits per heavy atom. The van der Waals surface area contributed by atoms with Crippen LogP contribution in [0, 0.1) is 5.92 Å². The minimum Gasteiger partial charge on any atom is -0.384 e. The van der Waals surface area contributed by atoms with Crippen LogP contribution in [0.3, 0.4) is 0 Å². The molecule has 0 aliphatic carbocycles. The molecule has 0 spiro atoms. The van der Waals surface area contributed by atoms with Crippen LogP contribution < -0.4 is 0 Å². The molecule has 0 radical (unpaired) electrons. The van der Waals surface area contributed by atoms with E-state index in [-0.39, 0.29) is 5.92 Å². The lowest BCUT2D eigenvalue weighted by Crippen LogP contribution is -2.46. The number of hydrogen-bond donors (Lipinski definition) is 0. The molecule has 1 unspecified atom stereocenters. The second kappa shape index (κ2) is 7.48. The van der Waals surface area contributed by atoms with Gasteiger partial charge in [0, 0.05) is 28.4 Å². The van der Waals surface area contributed by atoms with E-state index in [4.69, 9.17) is 18.9 Å². The molecule has 0 fully saturated rings. The van der Waals surface area contributed by atoms with Gasteiger partial charge in [-0.15, -0.1) is 0 Å². The molecule has 0 aliphatic heterocycles. The summed E-state index contributed by atoms with van der Waals surface area (Å²) in [7, 11) is 6.37. The summed E-state index contributed by atoms with van der Waals surface area (Å²) in [5.41, 5.74) is 1.19. The maximum absolute atomic E-state index is 5.40. The lowest BCUT2D eigenvalue weighted by molar-refractivity contribution is -0.382. The van der Waals surface area contributed by atoms with Crippen molar-refractivity contribution in [2.45, 2.75) is 12.4 Å². The van der Waals surface area contributed by atoms with Crippen LogP contribution in [0.15, 0.2) is 30.3 Å². The quantitative estimate of drug-likeness (QED) is 0.666. The first kappa shape index (κ1) is 15.1. The summed E-state index contributed by atoms with van der Waals surface area (Å²) in [4.78, 5) is 0. The molecule has 102 valence electrons. The fraction of sp³-hybridized carbons (Fsp3) is 0.571. The lowest BCUT2D eigenvalue weighted by atomic mass is 9.97. The molecule has 18 heavy (non-hydrogen) atoms. The molecule has 0 amide bonds. The lowest BCUT2D eigenvalue weighted by Gasteiger charge is -2.36. The van der Waals surface area contributed by atoms with Crippen molar-refractivity contribution in [3.63, 3.8) is 0 Å². The first-order valence-electron chi connectivity index (χ1n) is 5.90. The second-order valence-corrected chi connectivity index (χ2v) is 4.06. The number of hydrogen-bond acceptors (Lipinski definition) is 4. The summed E-state index contributed by atoms with van der Waals surface area (Å²) >= 11 is 0. The third-order valence-corrected chi connectivity index (χ3v) is 3.05. The molecule has 1 aromatic rings. The Kier molecular flexibility index (Phi) is 6.29. The molecule has 0 saturated heterocycles. The molecule has 1 aromatic carbocycles. The van der Waals surface area contributed by atoms with Crippen molar-refractivity contribution in [3.05, 3.63) is 35.9 Å². The van der Waals surface area contributed by atoms with Gasteiger partial charge in [-0.05, 0) is 12.0 Å². The smallest absolute Gasteiger partial charge is 0.287 e. The van der Waals surface area contributed by atoms with Crippen LogP contribution in [0.2, 0.25) is 0 Å². The van der Waals surface area contributed by atoms with E-state index >= 15 is 0 Å². The van der Waals surface area contributed by atoms with Crippen molar-refractivity contribution in [3.8, 4) is 0 Å². The van der Waals surface area contributed by atoms with Crippen LogP contribution in [-0.4, -0.2) is 41.0 Å². The molecule has 0 bridgehead atoms. The van der Waals surface area contributed by atoms with Crippen LogP contribution in [0.4, 0.5) is 0 Å². The summed E-state index contributed by atoms with van der Waals surface area (Å²) < 4.78 is 21.4. The van der Waals surface area contributed by atoms with Crippen LogP contribution in [0.5, 0.6) is 0 Å². The summed E-state index contributed by atoms with van der Waals surface area (Å²) in [5.74, 6) is -1.13. The Bertz CT molecular complexity index is 314. The summed E-state index contributed by atoms with van der Waals surface area (Å²) in [5, 5.41) is 0. The monoisotopic (exact) mass is 254 g/mol. The Balaban J connectivity index is 2.87. The summed E-state index contributed by atoms with van der Waals surface area (Å²) in [6.45, 7) is 0.490. The van der Waals surface area contributed by atoms with Crippen molar-refractivity contribution in [1.29, 1.82) is 0 Å². The van der Waals surface area contributed by atoms with Crippen LogP contribution in [-0.2, 0) is 25.4 Å². The zero-order chi connectivity index (χ0) is 13.4. The third-order valence-electron chi connectivity index (χ3n) is 3.05. The molecule has 4 nitrogen and oxygen atoms in total. The van der Waals surface area contributed by atoms with E-state index in [9.17, 15) is 0 Å². The van der Waals surface area contributed by atoms with E-state index in [1.165, 1.54) is 5.56 Å². The molecule has 0 aromatic heterocycles. The predicted octanol–water partition coefficient (Wildman–Crippen LogP) is 2.08. The molecule has 0 saturated carbocycles. The Morgan fingerprint density at radius 2 is 1.50 bits per heavy atom. The normalized spacial score (nSPS) is 13.6. The van der Waals surface area contributed by atoms with Crippen LogP contribution in [0.25, 0.3) is 0 Å². The molecule has 0 N–H and O–H groups in total. The maximum atomic E-state index is 5.40. The van der Waals surface area contributed by atoms with Crippen molar-refractivity contribution in [1.82, 2.24) is 0 Å². The minimum absolute atomic E-state index is 0.0510. The van der Waals surface area contributed by atoms with Crippen LogP contribution >= 0.6 is 0 Å². The van der Waals surface area contributed by atoms with Gasteiger partial charge < -0.3 is 18.9 Å². The number of rotatable bonds is 8. The van der Waals surface area contributed by atoms with Gasteiger partial charge in [0.2, 0.25) is 0 Å². The highest BCUT2D eigenvalue weighted by molar-refractivity contribution is 5.15. The van der Waals surface area contributed by atoms with Gasteiger partial charge >= 0.3 is 0 Å². The van der Waals surface area contributed by atoms with Gasteiger partial charge in [-0.1, -0.05) is 30.3 Å². The molecule has 4 heteroatoms. The van der Waals surface area contributed by atoms with E-state index in [2.05, 4.69) is 12.1 Å². The molecule has 0 heterocycles. The van der Waals surface area contributed by atoms with E-state index in [0.29, 0.717) is 6.61 Å². The van der Waals surface area contributed by atoms with Crippen LogP contribution in [0.1, 0.15) is 5.56 Å². The van der Waals surface area contributed by atoms with Crippen molar-refractivity contribution >= 4 is 0 Å². The minimum atomic E-state index is -1.08. The number of methoxy groups -OCH3 is 4. The van der Waals surface area contributed by atoms with Crippen molar-refractivity contribution in [2.75, 3.05) is 35.0 Å². The topological polar surface area (TPSA) is 36.9 Å². The van der Waals surface area contributed by atoms with E-state index in [0.717, 1.165) is 6.42 Å². The predicted molar refractivity (Wildman–Crippen MR) is 69.3 cm³/mol. The fourth-order valence-corrected chi connectivity index (χ4v) is 2.14. The molecule has 0 aliphatic rings. The van der Waals surface area contributed by atoms with Gasteiger partial charge in [0.25, 0.3) is 5.97 Å². The van der Waals surface area contributed by atoms with Crippen molar-refractivity contribution < 1.29 is 18.9 Å². The zero-order valence-electron chi connectivity index (χ0n) is 11.5. The SMILES string of the molecule is COCC(Cc1ccccc1)C(OC)(OC)OC. The maximum Gasteiger partial charge on any atom is 0.287 e. The summed E-state index contributed by atoms with van der Waals surface area (Å²) in [6.07, 6.45) is 0.754. The van der Waals surface area contributed by atoms with Crippen molar-refractivity contribution in [2.24, 2.45) is 5.92 Å². The number of benzene rings is 1. The molecular formula is C14H22O4. The van der Waals surface area contributed by atoms with E-state index in [1.54, 1.807) is 28.4 Å². The first-order valence-corrected chi connectivity index (χ1v) is 5.90. The molecular weight excluding hydrogens is 232 g/mol. The van der Waals surface area contributed by atoms with Gasteiger partial charge in [0.05, 0.1) is 12.5 Å². The van der Waals surface area contributed by atoms with Gasteiger partial charge in [-0.3, -0.25) is 0 Å². The Labute approximate surface area is 109 Å².